The lowest BCUT2D eigenvalue weighted by Gasteiger charge is -2.10. The van der Waals surface area contributed by atoms with Crippen LogP contribution in [-0.2, 0) is 0 Å². The maximum atomic E-state index is 11.6. The van der Waals surface area contributed by atoms with Crippen molar-refractivity contribution in [2.24, 2.45) is 0 Å². The van der Waals surface area contributed by atoms with Crippen LogP contribution >= 0.6 is 0 Å². The molecule has 0 aliphatic carbocycles. The van der Waals surface area contributed by atoms with E-state index in [0.717, 1.165) is 0 Å². The van der Waals surface area contributed by atoms with Crippen LogP contribution in [0.25, 0.3) is 0 Å². The van der Waals surface area contributed by atoms with Gasteiger partial charge in [0.15, 0.2) is 0 Å². The van der Waals surface area contributed by atoms with Crippen molar-refractivity contribution in [2.45, 2.75) is 25.6 Å². The molecule has 0 radical (unpaired) electrons. The van der Waals surface area contributed by atoms with Crippen molar-refractivity contribution >= 4 is 6.03 Å². The Morgan fingerprint density at radius 1 is 1.43 bits per heavy atom. The van der Waals surface area contributed by atoms with Gasteiger partial charge >= 0.3 is 12.2 Å². The maximum Gasteiger partial charge on any atom is 0.405 e. The SMILES string of the molecule is CC(O)CCNC(=O)NCC(F)(F)F. The zero-order chi connectivity index (χ0) is 11.2. The van der Waals surface area contributed by atoms with Crippen molar-refractivity contribution in [3.8, 4) is 0 Å². The van der Waals surface area contributed by atoms with E-state index in [4.69, 9.17) is 5.11 Å². The molecule has 84 valence electrons. The summed E-state index contributed by atoms with van der Waals surface area (Å²) in [6.45, 7) is 0.310. The molecule has 0 rings (SSSR count). The lowest BCUT2D eigenvalue weighted by molar-refractivity contribution is -0.122. The van der Waals surface area contributed by atoms with E-state index < -0.39 is 24.9 Å². The van der Waals surface area contributed by atoms with Crippen molar-refractivity contribution in [3.63, 3.8) is 0 Å². The van der Waals surface area contributed by atoms with Crippen LogP contribution in [0.1, 0.15) is 13.3 Å². The Labute approximate surface area is 79.5 Å². The summed E-state index contributed by atoms with van der Waals surface area (Å²) in [6, 6.07) is -0.886. The van der Waals surface area contributed by atoms with E-state index in [-0.39, 0.29) is 6.54 Å². The molecule has 0 heterocycles. The minimum absolute atomic E-state index is 0.140. The van der Waals surface area contributed by atoms with Crippen LogP contribution in [0.15, 0.2) is 0 Å². The summed E-state index contributed by atoms with van der Waals surface area (Å²) < 4.78 is 34.8. The first-order chi connectivity index (χ1) is 6.31. The third kappa shape index (κ3) is 9.11. The average Bonchev–Trinajstić information content (AvgIpc) is 1.99. The van der Waals surface area contributed by atoms with Gasteiger partial charge in [-0.05, 0) is 13.3 Å². The fourth-order valence-corrected chi connectivity index (χ4v) is 0.638. The topological polar surface area (TPSA) is 61.4 Å². The summed E-state index contributed by atoms with van der Waals surface area (Å²) in [5, 5.41) is 12.6. The highest BCUT2D eigenvalue weighted by atomic mass is 19.4. The number of alkyl halides is 3. The molecule has 7 heteroatoms. The van der Waals surface area contributed by atoms with Crippen molar-refractivity contribution in [1.82, 2.24) is 10.6 Å². The molecular weight excluding hydrogens is 201 g/mol. The second-order valence-electron chi connectivity index (χ2n) is 2.86. The van der Waals surface area contributed by atoms with Crippen LogP contribution in [0.2, 0.25) is 0 Å². The van der Waals surface area contributed by atoms with E-state index in [2.05, 4.69) is 5.32 Å². The Kier molecular flexibility index (Phi) is 5.29. The first-order valence-electron chi connectivity index (χ1n) is 4.08. The van der Waals surface area contributed by atoms with Crippen LogP contribution in [0, 0.1) is 0 Å². The van der Waals surface area contributed by atoms with Gasteiger partial charge in [0, 0.05) is 6.54 Å². The zero-order valence-electron chi connectivity index (χ0n) is 7.69. The molecule has 1 atom stereocenters. The summed E-state index contributed by atoms with van der Waals surface area (Å²) >= 11 is 0. The van der Waals surface area contributed by atoms with Crippen LogP contribution in [0.5, 0.6) is 0 Å². The Hall–Kier alpha value is -0.980. The summed E-state index contributed by atoms with van der Waals surface area (Å²) in [7, 11) is 0. The van der Waals surface area contributed by atoms with Gasteiger partial charge in [0.05, 0.1) is 6.10 Å². The van der Waals surface area contributed by atoms with Crippen molar-refractivity contribution in [3.05, 3.63) is 0 Å². The molecule has 3 N–H and O–H groups in total. The Bertz CT molecular complexity index is 182. The molecule has 2 amide bonds. The molecule has 0 fully saturated rings. The van der Waals surface area contributed by atoms with Crippen molar-refractivity contribution < 1.29 is 23.1 Å². The van der Waals surface area contributed by atoms with Gasteiger partial charge in [-0.15, -0.1) is 0 Å². The lowest BCUT2D eigenvalue weighted by Crippen LogP contribution is -2.41. The predicted molar refractivity (Wildman–Crippen MR) is 43.8 cm³/mol. The van der Waals surface area contributed by atoms with Gasteiger partial charge in [-0.3, -0.25) is 0 Å². The zero-order valence-corrected chi connectivity index (χ0v) is 7.69. The van der Waals surface area contributed by atoms with E-state index in [1.165, 1.54) is 6.92 Å². The molecule has 0 aliphatic heterocycles. The molecule has 0 spiro atoms. The molecule has 0 aliphatic rings. The third-order valence-corrected chi connectivity index (χ3v) is 1.30. The molecule has 4 nitrogen and oxygen atoms in total. The quantitative estimate of drug-likeness (QED) is 0.642. The fraction of sp³-hybridized carbons (Fsp3) is 0.857. The highest BCUT2D eigenvalue weighted by Crippen LogP contribution is 2.11. The molecule has 0 saturated carbocycles. The van der Waals surface area contributed by atoms with Gasteiger partial charge in [-0.25, -0.2) is 4.79 Å². The van der Waals surface area contributed by atoms with Gasteiger partial charge in [0.2, 0.25) is 0 Å². The highest BCUT2D eigenvalue weighted by molar-refractivity contribution is 5.73. The monoisotopic (exact) mass is 214 g/mol. The third-order valence-electron chi connectivity index (χ3n) is 1.30. The largest absolute Gasteiger partial charge is 0.405 e. The number of aliphatic hydroxyl groups excluding tert-OH is 1. The number of carbonyl (C=O) groups is 1. The second kappa shape index (κ2) is 5.69. The van der Waals surface area contributed by atoms with Crippen LogP contribution in [0.4, 0.5) is 18.0 Å². The first kappa shape index (κ1) is 13.0. The smallest absolute Gasteiger partial charge is 0.393 e. The molecule has 0 bridgehead atoms. The Balaban J connectivity index is 3.47. The summed E-state index contributed by atoms with van der Waals surface area (Å²) in [6.07, 6.45) is -4.68. The Morgan fingerprint density at radius 3 is 2.43 bits per heavy atom. The van der Waals surface area contributed by atoms with Crippen LogP contribution < -0.4 is 10.6 Å². The molecule has 0 aromatic rings. The number of nitrogens with one attached hydrogen (secondary N) is 2. The molecular formula is C7H13F3N2O2. The highest BCUT2D eigenvalue weighted by Gasteiger charge is 2.27. The van der Waals surface area contributed by atoms with Gasteiger partial charge in [-0.1, -0.05) is 0 Å². The number of aliphatic hydroxyl groups is 1. The van der Waals surface area contributed by atoms with E-state index in [1.807, 2.05) is 0 Å². The molecule has 14 heavy (non-hydrogen) atoms. The predicted octanol–water partition coefficient (Wildman–Crippen LogP) is 0.619. The fourth-order valence-electron chi connectivity index (χ4n) is 0.638. The normalized spacial score (nSPS) is 13.5. The number of hydrogen-bond acceptors (Lipinski definition) is 2. The minimum Gasteiger partial charge on any atom is -0.393 e. The molecule has 1 unspecified atom stereocenters. The van der Waals surface area contributed by atoms with E-state index in [9.17, 15) is 18.0 Å². The number of halogens is 3. The molecule has 0 saturated heterocycles. The second-order valence-corrected chi connectivity index (χ2v) is 2.86. The molecule has 0 aromatic carbocycles. The first-order valence-corrected chi connectivity index (χ1v) is 4.08. The molecule has 0 aromatic heterocycles. The van der Waals surface area contributed by atoms with Crippen LogP contribution in [-0.4, -0.2) is 36.5 Å². The van der Waals surface area contributed by atoms with E-state index >= 15 is 0 Å². The van der Waals surface area contributed by atoms with Gasteiger partial charge in [-0.2, -0.15) is 13.2 Å². The average molecular weight is 214 g/mol. The van der Waals surface area contributed by atoms with Gasteiger partial charge in [0.1, 0.15) is 6.54 Å². The van der Waals surface area contributed by atoms with Gasteiger partial charge in [0.25, 0.3) is 0 Å². The number of amides is 2. The standard InChI is InChI=1S/C7H13F3N2O2/c1-5(13)2-3-11-6(14)12-4-7(8,9)10/h5,13H,2-4H2,1H3,(H2,11,12,14). The summed E-state index contributed by atoms with van der Waals surface area (Å²) in [5.41, 5.74) is 0. The van der Waals surface area contributed by atoms with E-state index in [0.29, 0.717) is 6.42 Å². The van der Waals surface area contributed by atoms with Crippen LogP contribution in [0.3, 0.4) is 0 Å². The van der Waals surface area contributed by atoms with Gasteiger partial charge < -0.3 is 15.7 Å². The maximum absolute atomic E-state index is 11.6. The number of hydrogen-bond donors (Lipinski definition) is 3. The lowest BCUT2D eigenvalue weighted by atomic mass is 10.3. The number of rotatable bonds is 4. The van der Waals surface area contributed by atoms with Crippen molar-refractivity contribution in [1.29, 1.82) is 0 Å². The summed E-state index contributed by atoms with van der Waals surface area (Å²) in [5.74, 6) is 0. The minimum atomic E-state index is -4.40. The summed E-state index contributed by atoms with van der Waals surface area (Å²) in [4.78, 5) is 10.7. The number of carbonyl (C=O) groups excluding carboxylic acids is 1. The van der Waals surface area contributed by atoms with Crippen molar-refractivity contribution in [2.75, 3.05) is 13.1 Å². The van der Waals surface area contributed by atoms with E-state index in [1.54, 1.807) is 5.32 Å². The Morgan fingerprint density at radius 2 is 2.00 bits per heavy atom. The number of urea groups is 1.